The molecule has 0 bridgehead atoms. The second-order valence-corrected chi connectivity index (χ2v) is 5.15. The van der Waals surface area contributed by atoms with E-state index in [-0.39, 0.29) is 5.91 Å². The lowest BCUT2D eigenvalue weighted by atomic mass is 10.2. The first kappa shape index (κ1) is 15.1. The van der Waals surface area contributed by atoms with Crippen molar-refractivity contribution in [1.29, 1.82) is 0 Å². The average Bonchev–Trinajstić information content (AvgIpc) is 2.39. The molecule has 18 heavy (non-hydrogen) atoms. The Morgan fingerprint density at radius 3 is 2.94 bits per heavy atom. The van der Waals surface area contributed by atoms with Crippen LogP contribution in [0.5, 0.6) is 0 Å². The zero-order chi connectivity index (χ0) is 13.4. The Morgan fingerprint density at radius 1 is 1.50 bits per heavy atom. The normalized spacial score (nSPS) is 10.2. The summed E-state index contributed by atoms with van der Waals surface area (Å²) in [6.07, 6.45) is 5.64. The number of anilines is 1. The number of thioether (sulfide) groups is 1. The van der Waals surface area contributed by atoms with Crippen molar-refractivity contribution in [3.63, 3.8) is 0 Å². The van der Waals surface area contributed by atoms with Gasteiger partial charge >= 0.3 is 0 Å². The number of carbonyl (C=O) groups is 1. The first-order valence-corrected chi connectivity index (χ1v) is 7.56. The van der Waals surface area contributed by atoms with Crippen LogP contribution in [-0.2, 0) is 0 Å². The highest BCUT2D eigenvalue weighted by Gasteiger charge is 2.11. The van der Waals surface area contributed by atoms with Crippen molar-refractivity contribution in [3.8, 4) is 0 Å². The highest BCUT2D eigenvalue weighted by Crippen LogP contribution is 2.17. The van der Waals surface area contributed by atoms with E-state index in [2.05, 4.69) is 21.9 Å². The van der Waals surface area contributed by atoms with E-state index < -0.39 is 0 Å². The molecule has 0 saturated heterocycles. The van der Waals surface area contributed by atoms with Crippen molar-refractivity contribution in [2.24, 2.45) is 0 Å². The molecule has 1 aromatic rings. The Labute approximate surface area is 117 Å². The van der Waals surface area contributed by atoms with E-state index in [4.69, 9.17) is 11.6 Å². The smallest absolute Gasteiger partial charge is 0.252 e. The van der Waals surface area contributed by atoms with Crippen LogP contribution < -0.4 is 10.6 Å². The van der Waals surface area contributed by atoms with Crippen LogP contribution in [0.3, 0.4) is 0 Å². The highest BCUT2D eigenvalue weighted by atomic mass is 35.5. The van der Waals surface area contributed by atoms with Crippen molar-refractivity contribution >= 4 is 35.1 Å². The molecule has 0 spiro atoms. The summed E-state index contributed by atoms with van der Waals surface area (Å²) in [5.41, 5.74) is 0.459. The summed E-state index contributed by atoms with van der Waals surface area (Å²) >= 11 is 7.77. The maximum absolute atomic E-state index is 11.9. The van der Waals surface area contributed by atoms with E-state index in [0.717, 1.165) is 18.6 Å². The molecule has 6 heteroatoms. The van der Waals surface area contributed by atoms with Crippen molar-refractivity contribution in [2.45, 2.75) is 12.8 Å². The number of nitrogens with one attached hydrogen (secondary N) is 2. The first-order valence-electron chi connectivity index (χ1n) is 5.79. The molecule has 4 nitrogen and oxygen atoms in total. The lowest BCUT2D eigenvalue weighted by Gasteiger charge is -2.08. The number of carbonyl (C=O) groups excluding carboxylic acids is 1. The SMILES string of the molecule is CNc1cc(C(=O)NCCCCSC)c(Cl)cn1. The molecule has 0 fully saturated rings. The van der Waals surface area contributed by atoms with Gasteiger partial charge in [0.25, 0.3) is 5.91 Å². The zero-order valence-electron chi connectivity index (χ0n) is 10.6. The number of nitrogens with zero attached hydrogens (tertiary/aromatic N) is 1. The Kier molecular flexibility index (Phi) is 6.90. The largest absolute Gasteiger partial charge is 0.373 e. The van der Waals surface area contributed by atoms with Gasteiger partial charge in [0.05, 0.1) is 10.6 Å². The molecule has 0 aliphatic heterocycles. The maximum Gasteiger partial charge on any atom is 0.252 e. The van der Waals surface area contributed by atoms with Crippen LogP contribution in [-0.4, -0.2) is 36.5 Å². The second-order valence-electron chi connectivity index (χ2n) is 3.76. The van der Waals surface area contributed by atoms with Gasteiger partial charge in [0.1, 0.15) is 5.82 Å². The first-order chi connectivity index (χ1) is 8.69. The predicted molar refractivity (Wildman–Crippen MR) is 78.7 cm³/mol. The van der Waals surface area contributed by atoms with E-state index in [1.807, 2.05) is 11.8 Å². The molecule has 0 unspecified atom stereocenters. The van der Waals surface area contributed by atoms with Gasteiger partial charge in [-0.05, 0) is 30.9 Å². The van der Waals surface area contributed by atoms with Crippen LogP contribution in [0, 0.1) is 0 Å². The summed E-state index contributed by atoms with van der Waals surface area (Å²) in [5.74, 6) is 1.60. The highest BCUT2D eigenvalue weighted by molar-refractivity contribution is 7.98. The third-order valence-corrected chi connectivity index (χ3v) is 3.42. The summed E-state index contributed by atoms with van der Waals surface area (Å²) < 4.78 is 0. The molecule has 0 aromatic carbocycles. The molecule has 1 rings (SSSR count). The number of aromatic nitrogens is 1. The van der Waals surface area contributed by atoms with Crippen LogP contribution in [0.25, 0.3) is 0 Å². The fourth-order valence-corrected chi connectivity index (χ4v) is 2.10. The number of unbranched alkanes of at least 4 members (excludes halogenated alkanes) is 1. The van der Waals surface area contributed by atoms with E-state index >= 15 is 0 Å². The van der Waals surface area contributed by atoms with Gasteiger partial charge < -0.3 is 10.6 Å². The van der Waals surface area contributed by atoms with Crippen LogP contribution in [0.4, 0.5) is 5.82 Å². The van der Waals surface area contributed by atoms with Crippen LogP contribution in [0.15, 0.2) is 12.3 Å². The monoisotopic (exact) mass is 287 g/mol. The van der Waals surface area contributed by atoms with E-state index in [0.29, 0.717) is 22.9 Å². The predicted octanol–water partition coefficient (Wildman–Crippen LogP) is 2.65. The molecule has 1 heterocycles. The summed E-state index contributed by atoms with van der Waals surface area (Å²) in [6.45, 7) is 0.674. The van der Waals surface area contributed by atoms with Gasteiger partial charge in [-0.3, -0.25) is 4.79 Å². The third kappa shape index (κ3) is 4.74. The molecule has 0 aliphatic rings. The Hall–Kier alpha value is -0.940. The summed E-state index contributed by atoms with van der Waals surface area (Å²) in [7, 11) is 1.75. The minimum atomic E-state index is -0.150. The Bertz CT molecular complexity index is 401. The topological polar surface area (TPSA) is 54.0 Å². The van der Waals surface area contributed by atoms with Crippen LogP contribution in [0.2, 0.25) is 5.02 Å². The number of halogens is 1. The number of amides is 1. The van der Waals surface area contributed by atoms with Gasteiger partial charge in [0.15, 0.2) is 0 Å². The van der Waals surface area contributed by atoms with E-state index in [9.17, 15) is 4.79 Å². The molecule has 0 radical (unpaired) electrons. The molecule has 2 N–H and O–H groups in total. The molecule has 0 atom stereocenters. The van der Waals surface area contributed by atoms with Crippen molar-refractivity contribution < 1.29 is 4.79 Å². The lowest BCUT2D eigenvalue weighted by Crippen LogP contribution is -2.25. The van der Waals surface area contributed by atoms with Gasteiger partial charge in [-0.25, -0.2) is 4.98 Å². The molecular weight excluding hydrogens is 270 g/mol. The van der Waals surface area contributed by atoms with Crippen molar-refractivity contribution in [1.82, 2.24) is 10.3 Å². The minimum Gasteiger partial charge on any atom is -0.373 e. The summed E-state index contributed by atoms with van der Waals surface area (Å²) in [5, 5.41) is 6.11. The Morgan fingerprint density at radius 2 is 2.28 bits per heavy atom. The zero-order valence-corrected chi connectivity index (χ0v) is 12.2. The standard InChI is InChI=1S/C12H18ClN3OS/c1-14-11-7-9(10(13)8-16-11)12(17)15-5-3-4-6-18-2/h7-8H,3-6H2,1-2H3,(H,14,16)(H,15,17). The van der Waals surface area contributed by atoms with E-state index in [1.54, 1.807) is 13.1 Å². The fourth-order valence-electron chi connectivity index (χ4n) is 1.42. The average molecular weight is 288 g/mol. The Balaban J connectivity index is 2.50. The quantitative estimate of drug-likeness (QED) is 0.757. The van der Waals surface area contributed by atoms with E-state index in [1.165, 1.54) is 6.20 Å². The van der Waals surface area contributed by atoms with Crippen LogP contribution in [0.1, 0.15) is 23.2 Å². The van der Waals surface area contributed by atoms with Crippen molar-refractivity contribution in [3.05, 3.63) is 22.8 Å². The minimum absolute atomic E-state index is 0.150. The second kappa shape index (κ2) is 8.21. The molecule has 1 amide bonds. The van der Waals surface area contributed by atoms with Gasteiger partial charge in [-0.1, -0.05) is 11.6 Å². The summed E-state index contributed by atoms with van der Waals surface area (Å²) in [4.78, 5) is 15.9. The molecule has 1 aromatic heterocycles. The lowest BCUT2D eigenvalue weighted by molar-refractivity contribution is 0.0953. The molecule has 0 saturated carbocycles. The third-order valence-electron chi connectivity index (χ3n) is 2.42. The molecule has 0 aliphatic carbocycles. The van der Waals surface area contributed by atoms with Crippen molar-refractivity contribution in [2.75, 3.05) is 30.9 Å². The fraction of sp³-hybridized carbons (Fsp3) is 0.500. The number of rotatable bonds is 7. The van der Waals surface area contributed by atoms with Gasteiger partial charge in [0.2, 0.25) is 0 Å². The summed E-state index contributed by atoms with van der Waals surface area (Å²) in [6, 6.07) is 1.65. The number of hydrogen-bond acceptors (Lipinski definition) is 4. The van der Waals surface area contributed by atoms with Gasteiger partial charge in [-0.2, -0.15) is 11.8 Å². The van der Waals surface area contributed by atoms with Gasteiger partial charge in [-0.15, -0.1) is 0 Å². The molecular formula is C12H18ClN3OS. The number of hydrogen-bond donors (Lipinski definition) is 2. The molecule has 100 valence electrons. The number of pyridine rings is 1. The maximum atomic E-state index is 11.9. The van der Waals surface area contributed by atoms with Gasteiger partial charge in [0, 0.05) is 19.8 Å². The van der Waals surface area contributed by atoms with Crippen LogP contribution >= 0.6 is 23.4 Å².